The highest BCUT2D eigenvalue weighted by Crippen LogP contribution is 2.27. The van der Waals surface area contributed by atoms with Gasteiger partial charge in [-0.15, -0.1) is 0 Å². The zero-order valence-electron chi connectivity index (χ0n) is 26.7. The lowest BCUT2D eigenvalue weighted by molar-refractivity contribution is -0.145. The molecule has 1 rings (SSSR count). The summed E-state index contributed by atoms with van der Waals surface area (Å²) in [6.45, 7) is 7.86. The quantitative estimate of drug-likeness (QED) is 0.0557. The summed E-state index contributed by atoms with van der Waals surface area (Å²) in [6.07, 6.45) is 28.2. The Kier molecular flexibility index (Phi) is 25.0. The van der Waals surface area contributed by atoms with Crippen molar-refractivity contribution in [2.75, 3.05) is 26.2 Å². The molecule has 0 saturated heterocycles. The van der Waals surface area contributed by atoms with E-state index in [0.29, 0.717) is 38.3 Å². The van der Waals surface area contributed by atoms with E-state index in [1.807, 2.05) is 0 Å². The predicted molar refractivity (Wildman–Crippen MR) is 169 cm³/mol. The number of carbonyl (C=O) groups is 2. The number of rotatable bonds is 29. The molecule has 5 nitrogen and oxygen atoms in total. The maximum Gasteiger partial charge on any atom is 0.305 e. The van der Waals surface area contributed by atoms with Gasteiger partial charge >= 0.3 is 5.97 Å². The second kappa shape index (κ2) is 26.9. The summed E-state index contributed by atoms with van der Waals surface area (Å²) < 4.78 is 5.77. The molecule has 0 amide bonds. The molecule has 1 saturated carbocycles. The highest BCUT2D eigenvalue weighted by atomic mass is 16.5. The fourth-order valence-electron chi connectivity index (χ4n) is 6.23. The minimum Gasteiger partial charge on any atom is -0.465 e. The van der Waals surface area contributed by atoms with E-state index < -0.39 is 0 Å². The van der Waals surface area contributed by atoms with Crippen LogP contribution in [0.5, 0.6) is 0 Å². The number of unbranched alkanes of at least 4 members (excludes halogenated alkanes) is 11. The van der Waals surface area contributed by atoms with Crippen molar-refractivity contribution in [1.29, 1.82) is 0 Å². The van der Waals surface area contributed by atoms with E-state index in [9.17, 15) is 14.7 Å². The smallest absolute Gasteiger partial charge is 0.305 e. The largest absolute Gasteiger partial charge is 0.465 e. The minimum atomic E-state index is -0.357. The van der Waals surface area contributed by atoms with Crippen molar-refractivity contribution in [3.8, 4) is 0 Å². The predicted octanol–water partition coefficient (Wildman–Crippen LogP) is 9.04. The number of aliphatic hydroxyl groups is 1. The Bertz CT molecular complexity index is 578. The van der Waals surface area contributed by atoms with E-state index in [1.54, 1.807) is 0 Å². The third kappa shape index (κ3) is 21.8. The van der Waals surface area contributed by atoms with Gasteiger partial charge in [-0.2, -0.15) is 0 Å². The molecule has 0 bridgehead atoms. The van der Waals surface area contributed by atoms with Crippen molar-refractivity contribution in [1.82, 2.24) is 4.90 Å². The molecule has 0 aromatic carbocycles. The highest BCUT2D eigenvalue weighted by Gasteiger charge is 2.18. The minimum absolute atomic E-state index is 0.0230. The zero-order valence-corrected chi connectivity index (χ0v) is 26.7. The summed E-state index contributed by atoms with van der Waals surface area (Å²) in [7, 11) is 0. The maximum atomic E-state index is 12.5. The number of nitrogens with zero attached hydrogens (tertiary/aromatic N) is 1. The molecule has 0 aromatic rings. The summed E-state index contributed by atoms with van der Waals surface area (Å²) in [5.74, 6) is 1.35. The number of hydrogen-bond donors (Lipinski definition) is 1. The summed E-state index contributed by atoms with van der Waals surface area (Å²) in [4.78, 5) is 25.5. The first kappa shape index (κ1) is 37.1. The Hall–Kier alpha value is -0.940. The Morgan fingerprint density at radius 2 is 1.45 bits per heavy atom. The lowest BCUT2D eigenvalue weighted by atomic mass is 9.95. The van der Waals surface area contributed by atoms with Gasteiger partial charge in [0.1, 0.15) is 6.29 Å². The zero-order chi connectivity index (χ0) is 29.1. The van der Waals surface area contributed by atoms with E-state index >= 15 is 0 Å². The van der Waals surface area contributed by atoms with Crippen molar-refractivity contribution in [3.63, 3.8) is 0 Å². The van der Waals surface area contributed by atoms with Gasteiger partial charge in [-0.25, -0.2) is 0 Å². The summed E-state index contributed by atoms with van der Waals surface area (Å²) in [5.41, 5.74) is 0. The van der Waals surface area contributed by atoms with E-state index in [1.165, 1.54) is 109 Å². The molecule has 0 spiro atoms. The lowest BCUT2D eigenvalue weighted by Gasteiger charge is -2.26. The van der Waals surface area contributed by atoms with Crippen LogP contribution in [0.15, 0.2) is 0 Å². The molecule has 2 unspecified atom stereocenters. The third-order valence-corrected chi connectivity index (χ3v) is 8.92. The van der Waals surface area contributed by atoms with Gasteiger partial charge in [0, 0.05) is 19.4 Å². The van der Waals surface area contributed by atoms with E-state index in [-0.39, 0.29) is 12.1 Å². The second-order valence-corrected chi connectivity index (χ2v) is 12.8. The summed E-state index contributed by atoms with van der Waals surface area (Å²) in [5, 5.41) is 10.5. The number of carbonyl (C=O) groups excluding carboxylic acids is 2. The Morgan fingerprint density at radius 3 is 2.12 bits per heavy atom. The average molecular weight is 566 g/mol. The van der Waals surface area contributed by atoms with E-state index in [4.69, 9.17) is 4.74 Å². The molecule has 1 N–H and O–H groups in total. The van der Waals surface area contributed by atoms with Gasteiger partial charge < -0.3 is 19.5 Å². The average Bonchev–Trinajstić information content (AvgIpc) is 3.47. The molecule has 1 aliphatic rings. The van der Waals surface area contributed by atoms with Gasteiger partial charge in [-0.05, 0) is 69.9 Å². The molecular formula is C35H67NO4. The van der Waals surface area contributed by atoms with E-state index in [2.05, 4.69) is 18.7 Å². The molecule has 1 aliphatic carbocycles. The van der Waals surface area contributed by atoms with Crippen LogP contribution in [0.2, 0.25) is 0 Å². The highest BCUT2D eigenvalue weighted by molar-refractivity contribution is 5.69. The molecule has 0 aromatic heterocycles. The van der Waals surface area contributed by atoms with Crippen LogP contribution < -0.4 is 0 Å². The maximum absolute atomic E-state index is 12.5. The van der Waals surface area contributed by atoms with Gasteiger partial charge in [0.2, 0.25) is 0 Å². The topological polar surface area (TPSA) is 66.8 Å². The summed E-state index contributed by atoms with van der Waals surface area (Å²) in [6, 6.07) is 0. The normalized spacial score (nSPS) is 15.5. The molecule has 2 atom stereocenters. The number of esters is 1. The number of ether oxygens (including phenoxy) is 1. The third-order valence-electron chi connectivity index (χ3n) is 8.92. The molecule has 0 aliphatic heterocycles. The monoisotopic (exact) mass is 566 g/mol. The van der Waals surface area contributed by atoms with Crippen LogP contribution in [0.4, 0.5) is 0 Å². The Morgan fingerprint density at radius 1 is 0.825 bits per heavy atom. The summed E-state index contributed by atoms with van der Waals surface area (Å²) >= 11 is 0. The van der Waals surface area contributed by atoms with Gasteiger partial charge in [-0.1, -0.05) is 110 Å². The number of hydrogen-bond acceptors (Lipinski definition) is 5. The second-order valence-electron chi connectivity index (χ2n) is 12.8. The van der Waals surface area contributed by atoms with Crippen LogP contribution in [-0.4, -0.2) is 54.6 Å². The molecule has 236 valence electrons. The van der Waals surface area contributed by atoms with Crippen molar-refractivity contribution in [2.45, 2.75) is 174 Å². The van der Waals surface area contributed by atoms with Crippen LogP contribution in [0, 0.1) is 11.8 Å². The van der Waals surface area contributed by atoms with Crippen molar-refractivity contribution in [2.24, 2.45) is 11.8 Å². The van der Waals surface area contributed by atoms with E-state index in [0.717, 1.165) is 51.0 Å². The van der Waals surface area contributed by atoms with Crippen molar-refractivity contribution < 1.29 is 19.4 Å². The van der Waals surface area contributed by atoms with Crippen molar-refractivity contribution in [3.05, 3.63) is 0 Å². The lowest BCUT2D eigenvalue weighted by Crippen LogP contribution is -2.34. The number of aliphatic hydroxyl groups excluding tert-OH is 1. The van der Waals surface area contributed by atoms with Crippen LogP contribution in [-0.2, 0) is 14.3 Å². The Labute approximate surface area is 248 Å². The van der Waals surface area contributed by atoms with Crippen LogP contribution in [0.1, 0.15) is 168 Å². The first-order valence-electron chi connectivity index (χ1n) is 17.6. The SMILES string of the molecule is CCCCCCCCC(CCCCCC)COC(=O)CCCCCN(CCC1CCCC1)CC(O)CCCC=O. The first-order chi connectivity index (χ1) is 19.6. The van der Waals surface area contributed by atoms with Crippen molar-refractivity contribution >= 4 is 12.3 Å². The van der Waals surface area contributed by atoms with Gasteiger partial charge in [0.15, 0.2) is 0 Å². The molecular weight excluding hydrogens is 498 g/mol. The van der Waals surface area contributed by atoms with Gasteiger partial charge in [0.25, 0.3) is 0 Å². The van der Waals surface area contributed by atoms with Crippen LogP contribution in [0.25, 0.3) is 0 Å². The first-order valence-corrected chi connectivity index (χ1v) is 17.6. The molecule has 5 heteroatoms. The molecule has 0 heterocycles. The fourth-order valence-corrected chi connectivity index (χ4v) is 6.23. The molecule has 1 fully saturated rings. The van der Waals surface area contributed by atoms with Crippen LogP contribution in [0.3, 0.4) is 0 Å². The molecule has 0 radical (unpaired) electrons. The standard InChI is InChI=1S/C35H67NO4/c1-3-5-7-9-10-13-23-33(22-12-8-6-4-2)31-40-35(39)25-14-11-18-27-36(28-26-32-20-15-16-21-32)30-34(38)24-17-19-29-37/h29,32-34,38H,3-28,30-31H2,1-2H3. The van der Waals surface area contributed by atoms with Crippen LogP contribution >= 0.6 is 0 Å². The van der Waals surface area contributed by atoms with Gasteiger partial charge in [-0.3, -0.25) is 4.79 Å². The van der Waals surface area contributed by atoms with Gasteiger partial charge in [0.05, 0.1) is 12.7 Å². The fraction of sp³-hybridized carbons (Fsp3) is 0.943. The Balaban J connectivity index is 2.29. The molecule has 40 heavy (non-hydrogen) atoms. The number of aldehydes is 1.